The zero-order valence-electron chi connectivity index (χ0n) is 9.86. The lowest BCUT2D eigenvalue weighted by molar-refractivity contribution is 0.481. The Bertz CT molecular complexity index is 467. The Hall–Kier alpha value is -1.47. The number of thiazole rings is 1. The van der Waals surface area contributed by atoms with Crippen LogP contribution in [-0.4, -0.2) is 21.7 Å². The van der Waals surface area contributed by atoms with Gasteiger partial charge in [-0.1, -0.05) is 12.0 Å². The van der Waals surface area contributed by atoms with Crippen molar-refractivity contribution in [3.05, 3.63) is 22.0 Å². The van der Waals surface area contributed by atoms with Crippen LogP contribution in [0.4, 0.5) is 6.01 Å². The Morgan fingerprint density at radius 3 is 2.94 bits per heavy atom. The van der Waals surface area contributed by atoms with Crippen molar-refractivity contribution in [1.29, 1.82) is 0 Å². The molecular weight excluding hydrogens is 238 g/mol. The molecule has 0 spiro atoms. The summed E-state index contributed by atoms with van der Waals surface area (Å²) in [5.41, 5.74) is 2.87. The third-order valence-electron chi connectivity index (χ3n) is 2.24. The van der Waals surface area contributed by atoms with Gasteiger partial charge < -0.3 is 15.1 Å². The molecule has 0 aliphatic rings. The number of nitrogens with one attached hydrogen (secondary N) is 2. The average molecular weight is 253 g/mol. The van der Waals surface area contributed by atoms with E-state index in [1.54, 1.807) is 11.3 Å². The van der Waals surface area contributed by atoms with E-state index in [1.165, 1.54) is 4.88 Å². The summed E-state index contributed by atoms with van der Waals surface area (Å²) in [4.78, 5) is 5.35. The van der Waals surface area contributed by atoms with Crippen LogP contribution in [0.3, 0.4) is 0 Å². The maximum Gasteiger partial charge on any atom is 0.315 e. The van der Waals surface area contributed by atoms with Crippen molar-refractivity contribution in [1.82, 2.24) is 20.5 Å². The average Bonchev–Trinajstić information content (AvgIpc) is 2.93. The van der Waals surface area contributed by atoms with Crippen molar-refractivity contribution in [3.63, 3.8) is 0 Å². The van der Waals surface area contributed by atoms with Crippen molar-refractivity contribution < 1.29 is 4.42 Å². The molecule has 2 heterocycles. The van der Waals surface area contributed by atoms with Crippen LogP contribution in [0.1, 0.15) is 23.4 Å². The summed E-state index contributed by atoms with van der Waals surface area (Å²) in [6.45, 7) is 6.16. The SMILES string of the molecule is CCNCc1nnc(NCc2scnc2C)o1. The molecule has 2 aromatic heterocycles. The first-order chi connectivity index (χ1) is 8.29. The molecule has 0 radical (unpaired) electrons. The van der Waals surface area contributed by atoms with E-state index in [4.69, 9.17) is 4.42 Å². The molecule has 2 rings (SSSR count). The lowest BCUT2D eigenvalue weighted by Crippen LogP contribution is -2.11. The number of hydrogen-bond donors (Lipinski definition) is 2. The maximum atomic E-state index is 5.41. The molecule has 2 N–H and O–H groups in total. The second kappa shape index (κ2) is 5.74. The third kappa shape index (κ3) is 3.24. The zero-order valence-corrected chi connectivity index (χ0v) is 10.7. The van der Waals surface area contributed by atoms with Gasteiger partial charge in [0, 0.05) is 4.88 Å². The topological polar surface area (TPSA) is 75.9 Å². The molecule has 0 saturated carbocycles. The molecule has 0 saturated heterocycles. The van der Waals surface area contributed by atoms with E-state index < -0.39 is 0 Å². The van der Waals surface area contributed by atoms with Gasteiger partial charge in [0.05, 0.1) is 24.3 Å². The van der Waals surface area contributed by atoms with Crippen LogP contribution in [0.2, 0.25) is 0 Å². The standard InChI is InChI=1S/C10H15N5OS/c1-3-11-5-9-14-15-10(16-9)12-4-8-7(2)13-6-17-8/h6,11H,3-5H2,1-2H3,(H,12,15). The highest BCUT2D eigenvalue weighted by Gasteiger charge is 2.06. The number of aryl methyl sites for hydroxylation is 1. The lowest BCUT2D eigenvalue weighted by atomic mass is 10.4. The Balaban J connectivity index is 1.87. The molecule has 0 bridgehead atoms. The van der Waals surface area contributed by atoms with Crippen LogP contribution in [0.5, 0.6) is 0 Å². The van der Waals surface area contributed by atoms with E-state index in [0.29, 0.717) is 25.0 Å². The smallest absolute Gasteiger partial charge is 0.315 e. The van der Waals surface area contributed by atoms with Crippen LogP contribution in [-0.2, 0) is 13.1 Å². The van der Waals surface area contributed by atoms with E-state index in [-0.39, 0.29) is 0 Å². The van der Waals surface area contributed by atoms with Gasteiger partial charge in [0.1, 0.15) is 0 Å². The van der Waals surface area contributed by atoms with Crippen LogP contribution in [0.25, 0.3) is 0 Å². The van der Waals surface area contributed by atoms with Crippen molar-refractivity contribution in [2.24, 2.45) is 0 Å². The van der Waals surface area contributed by atoms with E-state index in [1.807, 2.05) is 19.4 Å². The molecule has 0 amide bonds. The van der Waals surface area contributed by atoms with E-state index in [2.05, 4.69) is 25.8 Å². The number of nitrogens with zero attached hydrogens (tertiary/aromatic N) is 3. The molecule has 0 fully saturated rings. The summed E-state index contributed by atoms with van der Waals surface area (Å²) in [6, 6.07) is 0.450. The van der Waals surface area contributed by atoms with Gasteiger partial charge in [-0.15, -0.1) is 16.4 Å². The summed E-state index contributed by atoms with van der Waals surface area (Å²) in [5, 5.41) is 14.0. The summed E-state index contributed by atoms with van der Waals surface area (Å²) in [5.74, 6) is 0.593. The fraction of sp³-hybridized carbons (Fsp3) is 0.500. The van der Waals surface area contributed by atoms with Gasteiger partial charge in [-0.25, -0.2) is 4.98 Å². The minimum absolute atomic E-state index is 0.450. The van der Waals surface area contributed by atoms with Gasteiger partial charge in [-0.05, 0) is 13.5 Å². The number of aromatic nitrogens is 3. The Kier molecular flexibility index (Phi) is 4.05. The fourth-order valence-electron chi connectivity index (χ4n) is 1.28. The summed E-state index contributed by atoms with van der Waals surface area (Å²) >= 11 is 1.61. The normalized spacial score (nSPS) is 10.7. The quantitative estimate of drug-likeness (QED) is 0.813. The Morgan fingerprint density at radius 1 is 1.35 bits per heavy atom. The number of hydrogen-bond acceptors (Lipinski definition) is 7. The van der Waals surface area contributed by atoms with E-state index in [9.17, 15) is 0 Å². The van der Waals surface area contributed by atoms with Crippen LogP contribution >= 0.6 is 11.3 Å². The van der Waals surface area contributed by atoms with Crippen LogP contribution in [0.15, 0.2) is 9.93 Å². The minimum Gasteiger partial charge on any atom is -0.407 e. The summed E-state index contributed by atoms with van der Waals surface area (Å²) in [6.07, 6.45) is 0. The molecule has 0 unspecified atom stereocenters. The predicted octanol–water partition coefficient (Wildman–Crippen LogP) is 1.56. The van der Waals surface area contributed by atoms with Gasteiger partial charge in [-0.3, -0.25) is 0 Å². The van der Waals surface area contributed by atoms with Crippen LogP contribution in [0, 0.1) is 6.92 Å². The monoisotopic (exact) mass is 253 g/mol. The van der Waals surface area contributed by atoms with Gasteiger partial charge in [0.25, 0.3) is 0 Å². The van der Waals surface area contributed by atoms with Gasteiger partial charge in [0.2, 0.25) is 5.89 Å². The van der Waals surface area contributed by atoms with Gasteiger partial charge in [0.15, 0.2) is 0 Å². The molecule has 0 atom stereocenters. The summed E-state index contributed by atoms with van der Waals surface area (Å²) < 4.78 is 5.41. The molecule has 17 heavy (non-hydrogen) atoms. The molecule has 0 aliphatic heterocycles. The molecular formula is C10H15N5OS. The highest BCUT2D eigenvalue weighted by atomic mass is 32.1. The molecule has 92 valence electrons. The molecule has 0 aliphatic carbocycles. The largest absolute Gasteiger partial charge is 0.407 e. The Labute approximate surface area is 103 Å². The van der Waals surface area contributed by atoms with Gasteiger partial charge in [-0.2, -0.15) is 0 Å². The predicted molar refractivity (Wildman–Crippen MR) is 65.9 cm³/mol. The highest BCUT2D eigenvalue weighted by molar-refractivity contribution is 7.09. The second-order valence-electron chi connectivity index (χ2n) is 3.50. The summed E-state index contributed by atoms with van der Waals surface area (Å²) in [7, 11) is 0. The first kappa shape index (κ1) is 12.0. The first-order valence-electron chi connectivity index (χ1n) is 5.45. The zero-order chi connectivity index (χ0) is 12.1. The second-order valence-corrected chi connectivity index (χ2v) is 4.44. The fourth-order valence-corrected chi connectivity index (χ4v) is 2.00. The maximum absolute atomic E-state index is 5.41. The first-order valence-corrected chi connectivity index (χ1v) is 6.33. The minimum atomic E-state index is 0.450. The lowest BCUT2D eigenvalue weighted by Gasteiger charge is -1.98. The van der Waals surface area contributed by atoms with Crippen molar-refractivity contribution in [3.8, 4) is 0 Å². The van der Waals surface area contributed by atoms with Crippen molar-refractivity contribution >= 4 is 17.4 Å². The number of rotatable bonds is 6. The van der Waals surface area contributed by atoms with Crippen LogP contribution < -0.4 is 10.6 Å². The number of anilines is 1. The van der Waals surface area contributed by atoms with Crippen molar-refractivity contribution in [2.45, 2.75) is 26.9 Å². The highest BCUT2D eigenvalue weighted by Crippen LogP contribution is 2.14. The van der Waals surface area contributed by atoms with E-state index in [0.717, 1.165) is 12.2 Å². The van der Waals surface area contributed by atoms with E-state index >= 15 is 0 Å². The third-order valence-corrected chi connectivity index (χ3v) is 3.17. The van der Waals surface area contributed by atoms with Crippen molar-refractivity contribution in [2.75, 3.05) is 11.9 Å². The Morgan fingerprint density at radius 2 is 2.24 bits per heavy atom. The molecule has 0 aromatic carbocycles. The van der Waals surface area contributed by atoms with Gasteiger partial charge >= 0.3 is 6.01 Å². The molecule has 7 heteroatoms. The molecule has 2 aromatic rings. The molecule has 6 nitrogen and oxygen atoms in total.